The number of carbonyl (C=O) groups excluding carboxylic acids is 1. The fraction of sp³-hybridized carbons (Fsp3) is 0.280. The number of halogens is 2. The normalized spacial score (nSPS) is 14.5. The van der Waals surface area contributed by atoms with E-state index in [1.807, 2.05) is 43.0 Å². The molecule has 0 spiro atoms. The molecule has 4 heterocycles. The molecule has 1 saturated heterocycles. The van der Waals surface area contributed by atoms with Crippen molar-refractivity contribution in [2.24, 2.45) is 0 Å². The number of hydrogen-bond donors (Lipinski definition) is 0. The fourth-order valence-corrected chi connectivity index (χ4v) is 4.77. The summed E-state index contributed by atoms with van der Waals surface area (Å²) in [4.78, 5) is 28.1. The molecular weight excluding hydrogens is 471 g/mol. The maximum atomic E-state index is 12.9. The van der Waals surface area contributed by atoms with Crippen LogP contribution in [0.15, 0.2) is 67.3 Å². The maximum absolute atomic E-state index is 12.9. The Bertz CT molecular complexity index is 1280. The molecule has 174 valence electrons. The van der Waals surface area contributed by atoms with E-state index in [1.165, 1.54) is 5.56 Å². The van der Waals surface area contributed by atoms with Gasteiger partial charge in [-0.1, -0.05) is 53.5 Å². The van der Waals surface area contributed by atoms with Crippen LogP contribution in [0.25, 0.3) is 0 Å². The van der Waals surface area contributed by atoms with Gasteiger partial charge in [0.2, 0.25) is 0 Å². The molecule has 1 aliphatic rings. The van der Waals surface area contributed by atoms with E-state index in [2.05, 4.69) is 36.2 Å². The lowest BCUT2D eigenvalue weighted by Crippen LogP contribution is -2.39. The molecule has 0 unspecified atom stereocenters. The molecule has 9 heteroatoms. The van der Waals surface area contributed by atoms with E-state index in [9.17, 15) is 4.79 Å². The van der Waals surface area contributed by atoms with Gasteiger partial charge in [0, 0.05) is 50.3 Å². The average molecular weight is 495 g/mol. The number of hydrogen-bond acceptors (Lipinski definition) is 4. The highest BCUT2D eigenvalue weighted by Gasteiger charge is 2.28. The standard InChI is InChI=1S/C25H24Cl2N6O/c26-20-6-7-21(27)30-23(20)25(34)31-12-8-19(9-13-31)24-29-11-15-33(24)17-22-28-10-14-32(22)16-18-4-2-1-3-5-18/h1-7,10-11,14-15,19H,8-9,12-13,16-17H2. The highest BCUT2D eigenvalue weighted by molar-refractivity contribution is 6.34. The van der Waals surface area contributed by atoms with Gasteiger partial charge < -0.3 is 14.0 Å². The van der Waals surface area contributed by atoms with Gasteiger partial charge in [-0.25, -0.2) is 15.0 Å². The number of nitrogens with zero attached hydrogens (tertiary/aromatic N) is 6. The van der Waals surface area contributed by atoms with Crippen molar-refractivity contribution in [3.05, 3.63) is 100 Å². The number of imidazole rings is 2. The first-order chi connectivity index (χ1) is 16.6. The minimum atomic E-state index is -0.183. The first-order valence-electron chi connectivity index (χ1n) is 11.2. The molecule has 0 radical (unpaired) electrons. The summed E-state index contributed by atoms with van der Waals surface area (Å²) < 4.78 is 4.34. The molecule has 5 rings (SSSR count). The SMILES string of the molecule is O=C(c1nc(Cl)ccc1Cl)N1CCC(c2nccn2Cc2nccn2Cc2ccccc2)CC1. The van der Waals surface area contributed by atoms with Gasteiger partial charge in [-0.2, -0.15) is 0 Å². The Labute approximate surface area is 208 Å². The van der Waals surface area contributed by atoms with Gasteiger partial charge >= 0.3 is 0 Å². The lowest BCUT2D eigenvalue weighted by atomic mass is 9.95. The van der Waals surface area contributed by atoms with E-state index in [1.54, 1.807) is 17.0 Å². The quantitative estimate of drug-likeness (QED) is 0.357. The molecule has 7 nitrogen and oxygen atoms in total. The Balaban J connectivity index is 1.25. The molecule has 1 amide bonds. The van der Waals surface area contributed by atoms with Crippen LogP contribution in [0.5, 0.6) is 0 Å². The Morgan fingerprint density at radius 2 is 1.65 bits per heavy atom. The molecule has 0 bridgehead atoms. The number of amides is 1. The van der Waals surface area contributed by atoms with Crippen LogP contribution >= 0.6 is 23.2 Å². The van der Waals surface area contributed by atoms with Gasteiger partial charge in [0.05, 0.1) is 11.6 Å². The largest absolute Gasteiger partial charge is 0.337 e. The van der Waals surface area contributed by atoms with Crippen molar-refractivity contribution in [2.75, 3.05) is 13.1 Å². The predicted octanol–water partition coefficient (Wildman–Crippen LogP) is 4.90. The van der Waals surface area contributed by atoms with Crippen molar-refractivity contribution in [1.82, 2.24) is 29.0 Å². The van der Waals surface area contributed by atoms with Crippen LogP contribution in [0.2, 0.25) is 10.2 Å². The third-order valence-electron chi connectivity index (χ3n) is 6.22. The molecule has 0 N–H and O–H groups in total. The summed E-state index contributed by atoms with van der Waals surface area (Å²) in [6, 6.07) is 13.5. The Morgan fingerprint density at radius 1 is 0.912 bits per heavy atom. The molecule has 1 fully saturated rings. The first-order valence-corrected chi connectivity index (χ1v) is 12.0. The summed E-state index contributed by atoms with van der Waals surface area (Å²) in [6.45, 7) is 2.66. The second-order valence-electron chi connectivity index (χ2n) is 8.40. The van der Waals surface area contributed by atoms with Crippen molar-refractivity contribution < 1.29 is 4.79 Å². The number of rotatable bonds is 6. The summed E-state index contributed by atoms with van der Waals surface area (Å²) in [6.07, 6.45) is 9.34. The third kappa shape index (κ3) is 4.86. The smallest absolute Gasteiger partial charge is 0.274 e. The van der Waals surface area contributed by atoms with Crippen molar-refractivity contribution in [3.63, 3.8) is 0 Å². The zero-order chi connectivity index (χ0) is 23.5. The van der Waals surface area contributed by atoms with E-state index in [4.69, 9.17) is 23.2 Å². The van der Waals surface area contributed by atoms with E-state index in [0.717, 1.165) is 31.0 Å². The number of aromatic nitrogens is 5. The number of benzene rings is 1. The monoisotopic (exact) mass is 494 g/mol. The lowest BCUT2D eigenvalue weighted by molar-refractivity contribution is 0.0704. The number of likely N-dealkylation sites (tertiary alicyclic amines) is 1. The molecule has 1 aliphatic heterocycles. The Kier molecular flexibility index (Phi) is 6.65. The summed E-state index contributed by atoms with van der Waals surface area (Å²) in [5, 5.41) is 0.577. The molecule has 4 aromatic rings. The van der Waals surface area contributed by atoms with Crippen LogP contribution in [0.3, 0.4) is 0 Å². The van der Waals surface area contributed by atoms with Gasteiger partial charge in [0.1, 0.15) is 22.5 Å². The Hall–Kier alpha value is -3.16. The summed E-state index contributed by atoms with van der Waals surface area (Å²) in [5.41, 5.74) is 1.44. The topological polar surface area (TPSA) is 68.8 Å². The highest BCUT2D eigenvalue weighted by Crippen LogP contribution is 2.29. The highest BCUT2D eigenvalue weighted by atomic mass is 35.5. The second-order valence-corrected chi connectivity index (χ2v) is 9.20. The summed E-state index contributed by atoms with van der Waals surface area (Å²) >= 11 is 12.1. The third-order valence-corrected chi connectivity index (χ3v) is 6.73. The molecule has 3 aromatic heterocycles. The van der Waals surface area contributed by atoms with Crippen LogP contribution in [0.4, 0.5) is 0 Å². The molecule has 1 aromatic carbocycles. The van der Waals surface area contributed by atoms with E-state index in [-0.39, 0.29) is 22.7 Å². The summed E-state index contributed by atoms with van der Waals surface area (Å²) in [5.74, 6) is 2.09. The number of pyridine rings is 1. The second kappa shape index (κ2) is 9.99. The zero-order valence-electron chi connectivity index (χ0n) is 18.5. The van der Waals surface area contributed by atoms with Crippen LogP contribution in [-0.2, 0) is 13.1 Å². The zero-order valence-corrected chi connectivity index (χ0v) is 20.0. The van der Waals surface area contributed by atoms with Gasteiger partial charge in [0.15, 0.2) is 0 Å². The van der Waals surface area contributed by atoms with E-state index >= 15 is 0 Å². The molecule has 0 aliphatic carbocycles. The van der Waals surface area contributed by atoms with Crippen molar-refractivity contribution in [3.8, 4) is 0 Å². The predicted molar refractivity (Wildman–Crippen MR) is 131 cm³/mol. The van der Waals surface area contributed by atoms with Crippen molar-refractivity contribution in [2.45, 2.75) is 31.8 Å². The van der Waals surface area contributed by atoms with Gasteiger partial charge in [-0.05, 0) is 30.5 Å². The fourth-order valence-electron chi connectivity index (χ4n) is 4.44. The van der Waals surface area contributed by atoms with Crippen LogP contribution in [0, 0.1) is 0 Å². The number of carbonyl (C=O) groups is 1. The minimum Gasteiger partial charge on any atom is -0.337 e. The van der Waals surface area contributed by atoms with E-state index < -0.39 is 0 Å². The minimum absolute atomic E-state index is 0.183. The Morgan fingerprint density at radius 3 is 2.44 bits per heavy atom. The van der Waals surface area contributed by atoms with Crippen LogP contribution in [-0.4, -0.2) is 48.0 Å². The van der Waals surface area contributed by atoms with Gasteiger partial charge in [-0.15, -0.1) is 0 Å². The summed E-state index contributed by atoms with van der Waals surface area (Å²) in [7, 11) is 0. The van der Waals surface area contributed by atoms with Gasteiger partial charge in [-0.3, -0.25) is 4.79 Å². The average Bonchev–Trinajstić information content (AvgIpc) is 3.51. The molecule has 0 saturated carbocycles. The molecular formula is C25H24Cl2N6O. The first kappa shape index (κ1) is 22.6. The van der Waals surface area contributed by atoms with E-state index in [0.29, 0.717) is 24.7 Å². The lowest BCUT2D eigenvalue weighted by Gasteiger charge is -2.32. The van der Waals surface area contributed by atoms with Gasteiger partial charge in [0.25, 0.3) is 5.91 Å². The van der Waals surface area contributed by atoms with Crippen molar-refractivity contribution in [1.29, 1.82) is 0 Å². The maximum Gasteiger partial charge on any atom is 0.274 e. The molecule has 34 heavy (non-hydrogen) atoms. The van der Waals surface area contributed by atoms with Crippen molar-refractivity contribution >= 4 is 29.1 Å². The van der Waals surface area contributed by atoms with Crippen LogP contribution in [0.1, 0.15) is 46.5 Å². The molecule has 0 atom stereocenters. The number of piperidine rings is 1. The van der Waals surface area contributed by atoms with Crippen LogP contribution < -0.4 is 0 Å².